The van der Waals surface area contributed by atoms with Crippen LogP contribution in [0.15, 0.2) is 44.3 Å². The Morgan fingerprint density at radius 3 is 2.89 bits per heavy atom. The summed E-state index contributed by atoms with van der Waals surface area (Å²) in [6.07, 6.45) is 2.84. The summed E-state index contributed by atoms with van der Waals surface area (Å²) >= 11 is 3.28. The van der Waals surface area contributed by atoms with Crippen LogP contribution in [0.1, 0.15) is 11.5 Å². The average molecular weight is 312 g/mol. The molecule has 0 bridgehead atoms. The highest BCUT2D eigenvalue weighted by Gasteiger charge is 2.04. The van der Waals surface area contributed by atoms with Crippen LogP contribution in [-0.2, 0) is 13.2 Å². The van der Waals surface area contributed by atoms with E-state index in [4.69, 9.17) is 14.3 Å². The molecule has 0 spiro atoms. The zero-order valence-electron chi connectivity index (χ0n) is 9.30. The molecule has 0 aliphatic rings. The fourth-order valence-electron chi connectivity index (χ4n) is 1.27. The lowest BCUT2D eigenvalue weighted by Crippen LogP contribution is -2.08. The third-order valence-corrected chi connectivity index (χ3v) is 2.64. The van der Waals surface area contributed by atoms with E-state index in [-0.39, 0.29) is 30.2 Å². The molecule has 2 aromatic rings. The van der Waals surface area contributed by atoms with Gasteiger partial charge in [0.25, 0.3) is 0 Å². The van der Waals surface area contributed by atoms with E-state index in [0.717, 1.165) is 4.47 Å². The maximum atomic E-state index is 11.6. The van der Waals surface area contributed by atoms with Gasteiger partial charge in [0.2, 0.25) is 11.2 Å². The molecule has 0 saturated heterocycles. The molecule has 18 heavy (non-hydrogen) atoms. The van der Waals surface area contributed by atoms with Crippen LogP contribution in [-0.4, -0.2) is 10.1 Å². The van der Waals surface area contributed by atoms with Crippen LogP contribution in [0.5, 0.6) is 5.75 Å². The largest absolute Gasteiger partial charge is 0.480 e. The van der Waals surface area contributed by atoms with Crippen molar-refractivity contribution in [3.63, 3.8) is 0 Å². The number of rotatable bonds is 4. The molecule has 2 rings (SSSR count). The first-order chi connectivity index (χ1) is 8.69. The summed E-state index contributed by atoms with van der Waals surface area (Å²) in [5.74, 6) is 0.297. The van der Waals surface area contributed by atoms with Crippen molar-refractivity contribution in [1.82, 2.24) is 4.98 Å². The van der Waals surface area contributed by atoms with Crippen LogP contribution in [0.3, 0.4) is 0 Å². The predicted molar refractivity (Wildman–Crippen MR) is 67.2 cm³/mol. The minimum absolute atomic E-state index is 0.0944. The van der Waals surface area contributed by atoms with Gasteiger partial charge in [-0.25, -0.2) is 0 Å². The van der Waals surface area contributed by atoms with Gasteiger partial charge in [-0.2, -0.15) is 0 Å². The summed E-state index contributed by atoms with van der Waals surface area (Å²) in [6, 6.07) is 4.82. The van der Waals surface area contributed by atoms with Crippen molar-refractivity contribution in [3.8, 4) is 5.75 Å². The average Bonchev–Trinajstić information content (AvgIpc) is 2.39. The molecule has 94 valence electrons. The second-order valence-electron chi connectivity index (χ2n) is 3.49. The first kappa shape index (κ1) is 12.8. The number of ether oxygens (including phenoxy) is 1. The normalized spacial score (nSPS) is 10.3. The van der Waals surface area contributed by atoms with Gasteiger partial charge in [-0.3, -0.25) is 9.78 Å². The van der Waals surface area contributed by atoms with Crippen molar-refractivity contribution in [2.45, 2.75) is 13.2 Å². The van der Waals surface area contributed by atoms with E-state index < -0.39 is 0 Å². The molecular weight excluding hydrogens is 302 g/mol. The second-order valence-corrected chi connectivity index (χ2v) is 4.41. The lowest BCUT2D eigenvalue weighted by molar-refractivity contribution is 0.235. The first-order valence-electron chi connectivity index (χ1n) is 5.15. The van der Waals surface area contributed by atoms with Gasteiger partial charge >= 0.3 is 0 Å². The molecule has 0 aromatic carbocycles. The van der Waals surface area contributed by atoms with Crippen molar-refractivity contribution in [2.75, 3.05) is 0 Å². The molecule has 0 saturated carbocycles. The Bertz CT molecular complexity index is 579. The Kier molecular flexibility index (Phi) is 4.11. The number of nitrogens with zero attached hydrogens (tertiary/aromatic N) is 1. The minimum Gasteiger partial charge on any atom is -0.480 e. The summed E-state index contributed by atoms with van der Waals surface area (Å²) in [4.78, 5) is 15.7. The van der Waals surface area contributed by atoms with Crippen LogP contribution in [0.25, 0.3) is 0 Å². The van der Waals surface area contributed by atoms with Crippen molar-refractivity contribution in [2.24, 2.45) is 0 Å². The number of hydrogen-bond acceptors (Lipinski definition) is 5. The van der Waals surface area contributed by atoms with Crippen LogP contribution in [0.4, 0.5) is 0 Å². The fraction of sp³-hybridized carbons (Fsp3) is 0.167. The van der Waals surface area contributed by atoms with E-state index in [9.17, 15) is 4.79 Å². The molecule has 0 amide bonds. The van der Waals surface area contributed by atoms with E-state index in [1.54, 1.807) is 12.3 Å². The van der Waals surface area contributed by atoms with E-state index in [1.807, 2.05) is 6.07 Å². The second kappa shape index (κ2) is 5.79. The number of aliphatic hydroxyl groups excluding tert-OH is 1. The minimum atomic E-state index is -0.331. The van der Waals surface area contributed by atoms with Crippen molar-refractivity contribution in [3.05, 3.63) is 56.8 Å². The maximum Gasteiger partial charge on any atom is 0.227 e. The van der Waals surface area contributed by atoms with Gasteiger partial charge in [0.1, 0.15) is 25.2 Å². The highest BCUT2D eigenvalue weighted by molar-refractivity contribution is 9.10. The summed E-state index contributed by atoms with van der Waals surface area (Å²) in [5, 5.41) is 8.80. The Hall–Kier alpha value is -1.66. The van der Waals surface area contributed by atoms with Crippen molar-refractivity contribution >= 4 is 15.9 Å². The molecule has 1 N–H and O–H groups in total. The molecule has 2 aromatic heterocycles. The standard InChI is InChI=1S/C12H10BrNO4/c13-8-1-2-9(14-4-8)6-18-12-7-17-10(5-15)3-11(12)16/h1-4,7,15H,5-6H2. The molecular formula is C12H10BrNO4. The van der Waals surface area contributed by atoms with Gasteiger partial charge in [0, 0.05) is 16.7 Å². The SMILES string of the molecule is O=c1cc(CO)occ1OCc1ccc(Br)cn1. The lowest BCUT2D eigenvalue weighted by atomic mass is 10.3. The third-order valence-electron chi connectivity index (χ3n) is 2.17. The molecule has 0 radical (unpaired) electrons. The summed E-state index contributed by atoms with van der Waals surface area (Å²) in [5.41, 5.74) is 0.367. The Balaban J connectivity index is 2.06. The molecule has 0 unspecified atom stereocenters. The Morgan fingerprint density at radius 2 is 2.28 bits per heavy atom. The monoisotopic (exact) mass is 311 g/mol. The van der Waals surface area contributed by atoms with Gasteiger partial charge in [-0.05, 0) is 28.1 Å². The van der Waals surface area contributed by atoms with E-state index in [1.165, 1.54) is 12.3 Å². The summed E-state index contributed by atoms with van der Waals surface area (Å²) in [6.45, 7) is -0.139. The lowest BCUT2D eigenvalue weighted by Gasteiger charge is -2.04. The van der Waals surface area contributed by atoms with Crippen LogP contribution in [0, 0.1) is 0 Å². The number of aromatic nitrogens is 1. The zero-order chi connectivity index (χ0) is 13.0. The zero-order valence-corrected chi connectivity index (χ0v) is 10.9. The van der Waals surface area contributed by atoms with Gasteiger partial charge in [-0.1, -0.05) is 0 Å². The number of pyridine rings is 1. The molecule has 0 aliphatic carbocycles. The third kappa shape index (κ3) is 3.18. The molecule has 0 atom stereocenters. The van der Waals surface area contributed by atoms with Crippen molar-refractivity contribution < 1.29 is 14.3 Å². The molecule has 2 heterocycles. The first-order valence-corrected chi connectivity index (χ1v) is 5.94. The quantitative estimate of drug-likeness (QED) is 0.933. The smallest absolute Gasteiger partial charge is 0.227 e. The summed E-state index contributed by atoms with van der Waals surface area (Å²) in [7, 11) is 0. The van der Waals surface area contributed by atoms with Gasteiger partial charge in [0.05, 0.1) is 5.69 Å². The molecule has 6 heteroatoms. The van der Waals surface area contributed by atoms with E-state index in [0.29, 0.717) is 5.69 Å². The number of aliphatic hydroxyl groups is 1. The molecule has 0 aliphatic heterocycles. The van der Waals surface area contributed by atoms with Gasteiger partial charge < -0.3 is 14.3 Å². The van der Waals surface area contributed by atoms with E-state index >= 15 is 0 Å². The number of halogens is 1. The molecule has 5 nitrogen and oxygen atoms in total. The predicted octanol–water partition coefficient (Wildman–Crippen LogP) is 1.87. The summed E-state index contributed by atoms with van der Waals surface area (Å²) < 4.78 is 11.2. The van der Waals surface area contributed by atoms with Crippen LogP contribution >= 0.6 is 15.9 Å². The van der Waals surface area contributed by atoms with Crippen LogP contribution < -0.4 is 10.2 Å². The Morgan fingerprint density at radius 1 is 1.44 bits per heavy atom. The highest BCUT2D eigenvalue weighted by Crippen LogP contribution is 2.10. The van der Waals surface area contributed by atoms with E-state index in [2.05, 4.69) is 20.9 Å². The highest BCUT2D eigenvalue weighted by atomic mass is 79.9. The maximum absolute atomic E-state index is 11.6. The number of hydrogen-bond donors (Lipinski definition) is 1. The fourth-order valence-corrected chi connectivity index (χ4v) is 1.50. The van der Waals surface area contributed by atoms with Gasteiger partial charge in [-0.15, -0.1) is 0 Å². The topological polar surface area (TPSA) is 72.6 Å². The van der Waals surface area contributed by atoms with Crippen LogP contribution in [0.2, 0.25) is 0 Å². The van der Waals surface area contributed by atoms with Gasteiger partial charge in [0.15, 0.2) is 0 Å². The Labute approximate surface area is 111 Å². The van der Waals surface area contributed by atoms with Crippen molar-refractivity contribution in [1.29, 1.82) is 0 Å². The molecule has 0 fully saturated rings.